The molecule has 1 aromatic heterocycles. The van der Waals surface area contributed by atoms with Crippen molar-refractivity contribution >= 4 is 5.95 Å². The maximum Gasteiger partial charge on any atom is 0.205 e. The van der Waals surface area contributed by atoms with Crippen molar-refractivity contribution in [1.29, 1.82) is 0 Å². The number of hydrogen-bond donors (Lipinski definition) is 1. The Morgan fingerprint density at radius 2 is 2.19 bits per heavy atom. The monoisotopic (exact) mass is 218 g/mol. The second-order valence-corrected chi connectivity index (χ2v) is 4.75. The van der Waals surface area contributed by atoms with Crippen molar-refractivity contribution in [2.75, 3.05) is 31.1 Å². The minimum Gasteiger partial charge on any atom is -0.342 e. The van der Waals surface area contributed by atoms with Crippen molar-refractivity contribution in [3.8, 4) is 0 Å². The molecule has 16 heavy (non-hydrogen) atoms. The van der Waals surface area contributed by atoms with E-state index in [-0.39, 0.29) is 0 Å². The van der Waals surface area contributed by atoms with Crippen LogP contribution in [0.4, 0.5) is 5.95 Å². The lowest BCUT2D eigenvalue weighted by Crippen LogP contribution is -2.27. The van der Waals surface area contributed by atoms with E-state index in [1.165, 1.54) is 13.1 Å². The van der Waals surface area contributed by atoms with Gasteiger partial charge in [0, 0.05) is 45.1 Å². The van der Waals surface area contributed by atoms with Gasteiger partial charge in [-0.3, -0.25) is 0 Å². The van der Waals surface area contributed by atoms with Crippen molar-refractivity contribution in [3.63, 3.8) is 0 Å². The standard InChI is InChI=1S/C12H18N4/c1-2-4-15-5-3-14-12(15)16-8-10-6-13-7-11(10)9-16/h2-3,5,10-11,13H,1,4,6-9H2. The molecule has 0 radical (unpaired) electrons. The van der Waals surface area contributed by atoms with Gasteiger partial charge in [-0.15, -0.1) is 6.58 Å². The van der Waals surface area contributed by atoms with E-state index in [1.807, 2.05) is 18.5 Å². The maximum atomic E-state index is 4.46. The number of nitrogens with zero attached hydrogens (tertiary/aromatic N) is 3. The summed E-state index contributed by atoms with van der Waals surface area (Å²) in [6, 6.07) is 0. The predicted molar refractivity (Wildman–Crippen MR) is 64.5 cm³/mol. The number of allylic oxidation sites excluding steroid dienone is 1. The van der Waals surface area contributed by atoms with Crippen LogP contribution in [0.3, 0.4) is 0 Å². The maximum absolute atomic E-state index is 4.46. The molecule has 3 rings (SSSR count). The van der Waals surface area contributed by atoms with Gasteiger partial charge in [-0.25, -0.2) is 4.98 Å². The van der Waals surface area contributed by atoms with Crippen molar-refractivity contribution < 1.29 is 0 Å². The highest BCUT2D eigenvalue weighted by Crippen LogP contribution is 2.29. The first-order valence-electron chi connectivity index (χ1n) is 5.96. The summed E-state index contributed by atoms with van der Waals surface area (Å²) in [5.74, 6) is 2.73. The van der Waals surface area contributed by atoms with Gasteiger partial charge in [0.1, 0.15) is 0 Å². The van der Waals surface area contributed by atoms with E-state index in [0.29, 0.717) is 0 Å². The van der Waals surface area contributed by atoms with Crippen LogP contribution in [0.5, 0.6) is 0 Å². The molecule has 0 amide bonds. The number of nitrogens with one attached hydrogen (secondary N) is 1. The number of anilines is 1. The van der Waals surface area contributed by atoms with Crippen molar-refractivity contribution in [2.45, 2.75) is 6.54 Å². The molecule has 2 saturated heterocycles. The second-order valence-electron chi connectivity index (χ2n) is 4.75. The predicted octanol–water partition coefficient (Wildman–Crippen LogP) is 0.725. The molecular formula is C12H18N4. The van der Waals surface area contributed by atoms with Gasteiger partial charge in [0.25, 0.3) is 0 Å². The highest BCUT2D eigenvalue weighted by Gasteiger charge is 2.37. The van der Waals surface area contributed by atoms with Gasteiger partial charge in [-0.1, -0.05) is 6.08 Å². The number of hydrogen-bond acceptors (Lipinski definition) is 3. The third-order valence-corrected chi connectivity index (χ3v) is 3.69. The summed E-state index contributed by atoms with van der Waals surface area (Å²) in [5, 5.41) is 3.46. The summed E-state index contributed by atoms with van der Waals surface area (Å²) in [6.45, 7) is 9.26. The summed E-state index contributed by atoms with van der Waals surface area (Å²) < 4.78 is 2.17. The summed E-state index contributed by atoms with van der Waals surface area (Å²) in [6.07, 6.45) is 5.83. The molecule has 0 spiro atoms. The molecule has 0 aliphatic carbocycles. The zero-order chi connectivity index (χ0) is 11.0. The first-order valence-corrected chi connectivity index (χ1v) is 5.96. The van der Waals surface area contributed by atoms with Crippen LogP contribution in [-0.2, 0) is 6.54 Å². The Morgan fingerprint density at radius 3 is 2.88 bits per heavy atom. The Kier molecular flexibility index (Phi) is 2.44. The zero-order valence-electron chi connectivity index (χ0n) is 9.47. The fraction of sp³-hybridized carbons (Fsp3) is 0.583. The smallest absolute Gasteiger partial charge is 0.205 e. The van der Waals surface area contributed by atoms with Crippen LogP contribution >= 0.6 is 0 Å². The molecule has 0 saturated carbocycles. The Morgan fingerprint density at radius 1 is 1.44 bits per heavy atom. The number of fused-ring (bicyclic) bond motifs is 1. The first-order chi connectivity index (χ1) is 7.88. The van der Waals surface area contributed by atoms with Gasteiger partial charge >= 0.3 is 0 Å². The average Bonchev–Trinajstić information content (AvgIpc) is 2.88. The van der Waals surface area contributed by atoms with Gasteiger partial charge in [-0.05, 0) is 11.8 Å². The molecule has 2 atom stereocenters. The van der Waals surface area contributed by atoms with Crippen LogP contribution in [-0.4, -0.2) is 35.7 Å². The normalized spacial score (nSPS) is 28.4. The SMILES string of the molecule is C=CCn1ccnc1N1CC2CNCC2C1. The van der Waals surface area contributed by atoms with E-state index < -0.39 is 0 Å². The van der Waals surface area contributed by atoms with Gasteiger partial charge in [0.2, 0.25) is 5.95 Å². The van der Waals surface area contributed by atoms with Gasteiger partial charge in [-0.2, -0.15) is 0 Å². The van der Waals surface area contributed by atoms with E-state index in [0.717, 1.165) is 37.4 Å². The van der Waals surface area contributed by atoms with Crippen LogP contribution in [0.1, 0.15) is 0 Å². The second kappa shape index (κ2) is 3.94. The highest BCUT2D eigenvalue weighted by molar-refractivity contribution is 5.34. The van der Waals surface area contributed by atoms with Crippen molar-refractivity contribution in [2.24, 2.45) is 11.8 Å². The zero-order valence-corrected chi connectivity index (χ0v) is 9.47. The van der Waals surface area contributed by atoms with Crippen LogP contribution < -0.4 is 10.2 Å². The highest BCUT2D eigenvalue weighted by atomic mass is 15.3. The topological polar surface area (TPSA) is 33.1 Å². The first kappa shape index (κ1) is 9.90. The summed E-state index contributed by atoms with van der Waals surface area (Å²) >= 11 is 0. The Labute approximate surface area is 96.0 Å². The molecule has 1 N–H and O–H groups in total. The van der Waals surface area contributed by atoms with Gasteiger partial charge in [0.05, 0.1) is 0 Å². The quantitative estimate of drug-likeness (QED) is 0.759. The van der Waals surface area contributed by atoms with Crippen LogP contribution in [0, 0.1) is 11.8 Å². The third kappa shape index (κ3) is 1.53. The summed E-state index contributed by atoms with van der Waals surface area (Å²) in [7, 11) is 0. The number of rotatable bonds is 3. The van der Waals surface area contributed by atoms with E-state index >= 15 is 0 Å². The van der Waals surface area contributed by atoms with Gasteiger partial charge < -0.3 is 14.8 Å². The lowest BCUT2D eigenvalue weighted by atomic mass is 10.0. The Balaban J connectivity index is 1.77. The average molecular weight is 218 g/mol. The molecule has 2 fully saturated rings. The molecular weight excluding hydrogens is 200 g/mol. The molecule has 3 heterocycles. The lowest BCUT2D eigenvalue weighted by Gasteiger charge is -2.19. The lowest BCUT2D eigenvalue weighted by molar-refractivity contribution is 0.533. The number of aromatic nitrogens is 2. The molecule has 2 aliphatic heterocycles. The third-order valence-electron chi connectivity index (χ3n) is 3.69. The fourth-order valence-corrected chi connectivity index (χ4v) is 2.88. The molecule has 4 nitrogen and oxygen atoms in total. The minimum atomic E-state index is 0.814. The molecule has 86 valence electrons. The van der Waals surface area contributed by atoms with Crippen LogP contribution in [0.15, 0.2) is 25.0 Å². The Bertz CT molecular complexity index is 372. The van der Waals surface area contributed by atoms with Crippen LogP contribution in [0.25, 0.3) is 0 Å². The molecule has 4 heteroatoms. The molecule has 0 bridgehead atoms. The van der Waals surface area contributed by atoms with E-state index in [1.54, 1.807) is 0 Å². The molecule has 0 aromatic carbocycles. The summed E-state index contributed by atoms with van der Waals surface area (Å²) in [4.78, 5) is 6.88. The molecule has 1 aromatic rings. The van der Waals surface area contributed by atoms with E-state index in [2.05, 4.69) is 26.3 Å². The molecule has 2 aliphatic rings. The fourth-order valence-electron chi connectivity index (χ4n) is 2.88. The Hall–Kier alpha value is -1.29. The van der Waals surface area contributed by atoms with E-state index in [9.17, 15) is 0 Å². The van der Waals surface area contributed by atoms with Crippen LogP contribution in [0.2, 0.25) is 0 Å². The van der Waals surface area contributed by atoms with Crippen molar-refractivity contribution in [1.82, 2.24) is 14.9 Å². The minimum absolute atomic E-state index is 0.814. The largest absolute Gasteiger partial charge is 0.342 e. The number of imidazole rings is 1. The summed E-state index contributed by atoms with van der Waals surface area (Å²) in [5.41, 5.74) is 0. The van der Waals surface area contributed by atoms with E-state index in [4.69, 9.17) is 0 Å². The van der Waals surface area contributed by atoms with Gasteiger partial charge in [0.15, 0.2) is 0 Å². The van der Waals surface area contributed by atoms with Crippen molar-refractivity contribution in [3.05, 3.63) is 25.0 Å². The molecule has 2 unspecified atom stereocenters.